The van der Waals surface area contributed by atoms with Gasteiger partial charge in [-0.3, -0.25) is 4.79 Å². The highest BCUT2D eigenvalue weighted by Crippen LogP contribution is 2.26. The van der Waals surface area contributed by atoms with Crippen molar-refractivity contribution >= 4 is 27.5 Å². The molecule has 1 aliphatic rings. The van der Waals surface area contributed by atoms with Crippen LogP contribution in [0.4, 0.5) is 0 Å². The molecule has 1 heterocycles. The average Bonchev–Trinajstić information content (AvgIpc) is 3.20. The number of amides is 1. The summed E-state index contributed by atoms with van der Waals surface area (Å²) in [5, 5.41) is 0. The molecule has 23 heavy (non-hydrogen) atoms. The highest BCUT2D eigenvalue weighted by atomic mass is 32.1. The average molecular weight is 334 g/mol. The summed E-state index contributed by atoms with van der Waals surface area (Å²) in [6.07, 6.45) is 4.22. The molecule has 0 N–H and O–H groups in total. The summed E-state index contributed by atoms with van der Waals surface area (Å²) in [7, 11) is 3.33. The Morgan fingerprint density at radius 2 is 2.13 bits per heavy atom. The zero-order valence-corrected chi connectivity index (χ0v) is 14.4. The molecule has 1 fully saturated rings. The minimum Gasteiger partial charge on any atom is -0.497 e. The lowest BCUT2D eigenvalue weighted by atomic mass is 10.1. The molecular formula is C17H22N2O3S. The molecule has 1 saturated carbocycles. The van der Waals surface area contributed by atoms with E-state index in [2.05, 4.69) is 9.56 Å². The number of aromatic nitrogens is 1. The lowest BCUT2D eigenvalue weighted by Gasteiger charge is -2.06. The van der Waals surface area contributed by atoms with Crippen molar-refractivity contribution in [1.29, 1.82) is 0 Å². The van der Waals surface area contributed by atoms with Gasteiger partial charge in [0.05, 0.1) is 23.9 Å². The Labute approximate surface area is 139 Å². The van der Waals surface area contributed by atoms with Crippen LogP contribution in [0.1, 0.15) is 25.7 Å². The van der Waals surface area contributed by atoms with Gasteiger partial charge in [0.15, 0.2) is 4.80 Å². The van der Waals surface area contributed by atoms with Gasteiger partial charge in [-0.15, -0.1) is 0 Å². The standard InChI is InChI=1S/C17H22N2O3S/c1-21-10-9-19-14-8-7-13(22-2)11-15(14)23-17(19)18-16(20)12-5-3-4-6-12/h7-8,11-12H,3-6,9-10H2,1-2H3. The van der Waals surface area contributed by atoms with Gasteiger partial charge in [-0.05, 0) is 31.0 Å². The fourth-order valence-electron chi connectivity index (χ4n) is 3.02. The first kappa shape index (κ1) is 16.2. The summed E-state index contributed by atoms with van der Waals surface area (Å²) >= 11 is 1.53. The predicted molar refractivity (Wildman–Crippen MR) is 90.8 cm³/mol. The van der Waals surface area contributed by atoms with Crippen LogP contribution >= 0.6 is 11.3 Å². The Bertz CT molecular complexity index is 757. The fourth-order valence-corrected chi connectivity index (χ4v) is 4.11. The van der Waals surface area contributed by atoms with Gasteiger partial charge in [-0.2, -0.15) is 4.99 Å². The summed E-state index contributed by atoms with van der Waals surface area (Å²) in [5.74, 6) is 0.934. The molecule has 0 aliphatic heterocycles. The molecular weight excluding hydrogens is 312 g/mol. The Morgan fingerprint density at radius 1 is 1.35 bits per heavy atom. The number of methoxy groups -OCH3 is 2. The van der Waals surface area contributed by atoms with Crippen LogP contribution in [0.3, 0.4) is 0 Å². The van der Waals surface area contributed by atoms with Gasteiger partial charge in [0.2, 0.25) is 0 Å². The number of carbonyl (C=O) groups excluding carboxylic acids is 1. The van der Waals surface area contributed by atoms with Crippen LogP contribution in [0.2, 0.25) is 0 Å². The van der Waals surface area contributed by atoms with Gasteiger partial charge >= 0.3 is 0 Å². The fraction of sp³-hybridized carbons (Fsp3) is 0.529. The maximum atomic E-state index is 12.4. The van der Waals surface area contributed by atoms with Crippen molar-refractivity contribution in [2.24, 2.45) is 10.9 Å². The van der Waals surface area contributed by atoms with Crippen molar-refractivity contribution in [3.63, 3.8) is 0 Å². The Hall–Kier alpha value is -1.66. The highest BCUT2D eigenvalue weighted by molar-refractivity contribution is 7.16. The molecule has 0 radical (unpaired) electrons. The van der Waals surface area contributed by atoms with Gasteiger partial charge in [0.1, 0.15) is 5.75 Å². The molecule has 0 saturated heterocycles. The van der Waals surface area contributed by atoms with Gasteiger partial charge in [-0.1, -0.05) is 24.2 Å². The maximum Gasteiger partial charge on any atom is 0.251 e. The number of thiazole rings is 1. The molecule has 1 amide bonds. The minimum absolute atomic E-state index is 0.0205. The summed E-state index contributed by atoms with van der Waals surface area (Å²) in [6.45, 7) is 1.27. The smallest absolute Gasteiger partial charge is 0.251 e. The summed E-state index contributed by atoms with van der Waals surface area (Å²) in [4.78, 5) is 17.6. The lowest BCUT2D eigenvalue weighted by Crippen LogP contribution is -2.21. The second-order valence-electron chi connectivity index (χ2n) is 5.79. The van der Waals surface area contributed by atoms with Crippen LogP contribution in [-0.2, 0) is 16.1 Å². The number of fused-ring (bicyclic) bond motifs is 1. The molecule has 124 valence electrons. The van der Waals surface area contributed by atoms with Crippen molar-refractivity contribution in [2.45, 2.75) is 32.2 Å². The molecule has 1 aliphatic carbocycles. The topological polar surface area (TPSA) is 52.8 Å². The molecule has 3 rings (SSSR count). The van der Waals surface area contributed by atoms with Crippen LogP contribution in [0.15, 0.2) is 23.2 Å². The molecule has 5 nitrogen and oxygen atoms in total. The Kier molecular flexibility index (Phi) is 5.13. The third kappa shape index (κ3) is 3.48. The molecule has 0 atom stereocenters. The summed E-state index contributed by atoms with van der Waals surface area (Å²) in [6, 6.07) is 5.93. The monoisotopic (exact) mass is 334 g/mol. The molecule has 0 spiro atoms. The normalized spacial score (nSPS) is 16.3. The first-order valence-electron chi connectivity index (χ1n) is 7.98. The molecule has 2 aromatic rings. The van der Waals surface area contributed by atoms with Gasteiger partial charge in [0.25, 0.3) is 5.91 Å². The van der Waals surface area contributed by atoms with Crippen molar-refractivity contribution in [3.8, 4) is 5.75 Å². The van der Waals surface area contributed by atoms with Crippen molar-refractivity contribution < 1.29 is 14.3 Å². The third-order valence-electron chi connectivity index (χ3n) is 4.32. The summed E-state index contributed by atoms with van der Waals surface area (Å²) in [5.41, 5.74) is 1.06. The molecule has 1 aromatic heterocycles. The second kappa shape index (κ2) is 7.27. The molecule has 0 unspecified atom stereocenters. The van der Waals surface area contributed by atoms with Crippen LogP contribution < -0.4 is 9.54 Å². The zero-order valence-electron chi connectivity index (χ0n) is 13.6. The number of carbonyl (C=O) groups is 1. The maximum absolute atomic E-state index is 12.4. The van der Waals surface area contributed by atoms with Gasteiger partial charge < -0.3 is 14.0 Å². The Balaban J connectivity index is 2.04. The van der Waals surface area contributed by atoms with E-state index in [1.807, 2.05) is 18.2 Å². The molecule has 1 aromatic carbocycles. The SMILES string of the molecule is COCCn1c(=NC(=O)C2CCCC2)sc2cc(OC)ccc21. The largest absolute Gasteiger partial charge is 0.497 e. The van der Waals surface area contributed by atoms with Gasteiger partial charge in [-0.25, -0.2) is 0 Å². The van der Waals surface area contributed by atoms with E-state index in [4.69, 9.17) is 9.47 Å². The zero-order chi connectivity index (χ0) is 16.2. The van der Waals surface area contributed by atoms with Gasteiger partial charge in [0, 0.05) is 19.6 Å². The number of benzene rings is 1. The third-order valence-corrected chi connectivity index (χ3v) is 5.36. The van der Waals surface area contributed by atoms with E-state index in [9.17, 15) is 4.79 Å². The first-order valence-corrected chi connectivity index (χ1v) is 8.79. The number of ether oxygens (including phenoxy) is 2. The van der Waals surface area contributed by atoms with Crippen molar-refractivity contribution in [1.82, 2.24) is 4.57 Å². The van der Waals surface area contributed by atoms with E-state index >= 15 is 0 Å². The number of hydrogen-bond donors (Lipinski definition) is 0. The number of nitrogens with zero attached hydrogens (tertiary/aromatic N) is 2. The van der Waals surface area contributed by atoms with Crippen LogP contribution in [-0.4, -0.2) is 31.3 Å². The molecule has 0 bridgehead atoms. The van der Waals surface area contributed by atoms with Crippen molar-refractivity contribution in [2.75, 3.05) is 20.8 Å². The molecule has 6 heteroatoms. The highest BCUT2D eigenvalue weighted by Gasteiger charge is 2.22. The van der Waals surface area contributed by atoms with E-state index in [0.717, 1.165) is 46.5 Å². The summed E-state index contributed by atoms with van der Waals surface area (Å²) < 4.78 is 13.6. The van der Waals surface area contributed by atoms with E-state index in [0.29, 0.717) is 13.2 Å². The van der Waals surface area contributed by atoms with E-state index in [-0.39, 0.29) is 11.8 Å². The van der Waals surface area contributed by atoms with Crippen LogP contribution in [0.25, 0.3) is 10.2 Å². The van der Waals surface area contributed by atoms with Crippen LogP contribution in [0.5, 0.6) is 5.75 Å². The number of rotatable bonds is 5. The van der Waals surface area contributed by atoms with E-state index in [1.165, 1.54) is 11.3 Å². The number of hydrogen-bond acceptors (Lipinski definition) is 4. The minimum atomic E-state index is 0.0205. The van der Waals surface area contributed by atoms with Crippen LogP contribution in [0, 0.1) is 5.92 Å². The quantitative estimate of drug-likeness (QED) is 0.845. The predicted octanol–water partition coefficient (Wildman–Crippen LogP) is 2.98. The second-order valence-corrected chi connectivity index (χ2v) is 6.80. The lowest BCUT2D eigenvalue weighted by molar-refractivity contribution is -0.121. The van der Waals surface area contributed by atoms with E-state index < -0.39 is 0 Å². The Morgan fingerprint density at radius 3 is 2.83 bits per heavy atom. The van der Waals surface area contributed by atoms with Crippen molar-refractivity contribution in [3.05, 3.63) is 23.0 Å². The van der Waals surface area contributed by atoms with E-state index in [1.54, 1.807) is 14.2 Å². The first-order chi connectivity index (χ1) is 11.2.